The van der Waals surface area contributed by atoms with E-state index in [4.69, 9.17) is 0 Å². The average Bonchev–Trinajstić information content (AvgIpc) is 2.17. The highest BCUT2D eigenvalue weighted by molar-refractivity contribution is 9.10. The predicted octanol–water partition coefficient (Wildman–Crippen LogP) is 3.82. The Labute approximate surface area is 97.9 Å². The number of rotatable bonds is 1. The number of benzene rings is 1. The standard InChI is InChI=1S/C12H13BrN2/c1-7(2)12-14-9-6-4-5-8(3)10(9)11(13)15-12/h4-7H,1-3H3. The van der Waals surface area contributed by atoms with Gasteiger partial charge >= 0.3 is 0 Å². The fourth-order valence-corrected chi connectivity index (χ4v) is 2.27. The van der Waals surface area contributed by atoms with E-state index in [0.717, 1.165) is 21.3 Å². The zero-order chi connectivity index (χ0) is 11.0. The average molecular weight is 265 g/mol. The van der Waals surface area contributed by atoms with Crippen LogP contribution in [0.5, 0.6) is 0 Å². The normalized spacial score (nSPS) is 11.3. The van der Waals surface area contributed by atoms with Gasteiger partial charge in [-0.2, -0.15) is 0 Å². The van der Waals surface area contributed by atoms with Gasteiger partial charge in [0.2, 0.25) is 0 Å². The smallest absolute Gasteiger partial charge is 0.132 e. The van der Waals surface area contributed by atoms with Crippen molar-refractivity contribution < 1.29 is 0 Å². The van der Waals surface area contributed by atoms with Crippen molar-refractivity contribution in [2.24, 2.45) is 0 Å². The number of hydrogen-bond acceptors (Lipinski definition) is 2. The molecule has 0 aliphatic rings. The zero-order valence-electron chi connectivity index (χ0n) is 9.08. The molecule has 0 radical (unpaired) electrons. The van der Waals surface area contributed by atoms with Gasteiger partial charge in [0.15, 0.2) is 0 Å². The molecule has 0 atom stereocenters. The summed E-state index contributed by atoms with van der Waals surface area (Å²) >= 11 is 3.52. The number of aryl methyl sites for hydroxylation is 1. The lowest BCUT2D eigenvalue weighted by Gasteiger charge is -2.08. The number of aromatic nitrogens is 2. The molecule has 0 fully saturated rings. The maximum atomic E-state index is 4.56. The SMILES string of the molecule is Cc1cccc2nc(C(C)C)nc(Br)c12. The third kappa shape index (κ3) is 1.88. The molecule has 0 aliphatic carbocycles. The first kappa shape index (κ1) is 10.6. The summed E-state index contributed by atoms with van der Waals surface area (Å²) in [6.45, 7) is 6.28. The molecular formula is C12H13BrN2. The Morgan fingerprint density at radius 2 is 1.93 bits per heavy atom. The minimum absolute atomic E-state index is 0.353. The monoisotopic (exact) mass is 264 g/mol. The van der Waals surface area contributed by atoms with Crippen LogP contribution in [0.3, 0.4) is 0 Å². The van der Waals surface area contributed by atoms with E-state index in [1.54, 1.807) is 0 Å². The van der Waals surface area contributed by atoms with Crippen molar-refractivity contribution in [3.8, 4) is 0 Å². The van der Waals surface area contributed by atoms with Gasteiger partial charge in [-0.05, 0) is 34.5 Å². The van der Waals surface area contributed by atoms with E-state index in [-0.39, 0.29) is 0 Å². The lowest BCUT2D eigenvalue weighted by Crippen LogP contribution is -1.99. The van der Waals surface area contributed by atoms with E-state index >= 15 is 0 Å². The third-order valence-corrected chi connectivity index (χ3v) is 3.00. The van der Waals surface area contributed by atoms with Crippen molar-refractivity contribution in [2.75, 3.05) is 0 Å². The van der Waals surface area contributed by atoms with Gasteiger partial charge in [0.25, 0.3) is 0 Å². The number of nitrogens with zero attached hydrogens (tertiary/aromatic N) is 2. The van der Waals surface area contributed by atoms with Crippen LogP contribution in [-0.4, -0.2) is 9.97 Å². The Bertz CT molecular complexity index is 506. The van der Waals surface area contributed by atoms with Crippen LogP contribution < -0.4 is 0 Å². The summed E-state index contributed by atoms with van der Waals surface area (Å²) < 4.78 is 0.898. The van der Waals surface area contributed by atoms with Gasteiger partial charge in [-0.1, -0.05) is 26.0 Å². The Kier molecular flexibility index (Phi) is 2.74. The van der Waals surface area contributed by atoms with Gasteiger partial charge in [0.05, 0.1) is 5.52 Å². The molecule has 2 rings (SSSR count). The summed E-state index contributed by atoms with van der Waals surface area (Å²) in [4.78, 5) is 9.02. The molecule has 15 heavy (non-hydrogen) atoms. The van der Waals surface area contributed by atoms with Gasteiger partial charge < -0.3 is 0 Å². The highest BCUT2D eigenvalue weighted by Crippen LogP contribution is 2.25. The fourth-order valence-electron chi connectivity index (χ4n) is 1.58. The summed E-state index contributed by atoms with van der Waals surface area (Å²) in [7, 11) is 0. The molecule has 0 saturated heterocycles. The van der Waals surface area contributed by atoms with Crippen LogP contribution in [0.4, 0.5) is 0 Å². The molecule has 1 aromatic heterocycles. The Morgan fingerprint density at radius 3 is 2.60 bits per heavy atom. The van der Waals surface area contributed by atoms with Crippen LogP contribution >= 0.6 is 15.9 Å². The van der Waals surface area contributed by atoms with E-state index in [1.165, 1.54) is 5.56 Å². The maximum absolute atomic E-state index is 4.56. The molecule has 0 aliphatic heterocycles. The molecule has 78 valence electrons. The van der Waals surface area contributed by atoms with Gasteiger partial charge in [-0.15, -0.1) is 0 Å². The van der Waals surface area contributed by atoms with Crippen molar-refractivity contribution in [1.82, 2.24) is 9.97 Å². The van der Waals surface area contributed by atoms with Crippen LogP contribution in [0.2, 0.25) is 0 Å². The first-order valence-electron chi connectivity index (χ1n) is 5.02. The summed E-state index contributed by atoms with van der Waals surface area (Å²) in [5.74, 6) is 1.24. The van der Waals surface area contributed by atoms with E-state index in [2.05, 4.69) is 52.7 Å². The molecule has 0 unspecified atom stereocenters. The van der Waals surface area contributed by atoms with Crippen LogP contribution in [0, 0.1) is 6.92 Å². The number of halogens is 1. The summed E-state index contributed by atoms with van der Waals surface area (Å²) in [5, 5.41) is 1.11. The lowest BCUT2D eigenvalue weighted by molar-refractivity contribution is 0.779. The lowest BCUT2D eigenvalue weighted by atomic mass is 10.1. The second kappa shape index (κ2) is 3.89. The third-order valence-electron chi connectivity index (χ3n) is 2.42. The first-order valence-corrected chi connectivity index (χ1v) is 5.81. The minimum atomic E-state index is 0.353. The molecule has 1 heterocycles. The van der Waals surface area contributed by atoms with E-state index in [0.29, 0.717) is 5.92 Å². The van der Waals surface area contributed by atoms with Crippen molar-refractivity contribution in [3.63, 3.8) is 0 Å². The molecule has 0 N–H and O–H groups in total. The van der Waals surface area contributed by atoms with Gasteiger partial charge in [-0.25, -0.2) is 9.97 Å². The predicted molar refractivity (Wildman–Crippen MR) is 66.1 cm³/mol. The van der Waals surface area contributed by atoms with Crippen LogP contribution in [0.1, 0.15) is 31.2 Å². The molecule has 0 bridgehead atoms. The largest absolute Gasteiger partial charge is 0.233 e. The first-order chi connectivity index (χ1) is 7.09. The fraction of sp³-hybridized carbons (Fsp3) is 0.333. The number of hydrogen-bond donors (Lipinski definition) is 0. The molecule has 0 saturated carbocycles. The van der Waals surface area contributed by atoms with Gasteiger partial charge in [-0.3, -0.25) is 0 Å². The highest BCUT2D eigenvalue weighted by atomic mass is 79.9. The second-order valence-corrected chi connectivity index (χ2v) is 4.75. The minimum Gasteiger partial charge on any atom is -0.233 e. The van der Waals surface area contributed by atoms with Crippen molar-refractivity contribution in [1.29, 1.82) is 0 Å². The highest BCUT2D eigenvalue weighted by Gasteiger charge is 2.09. The Morgan fingerprint density at radius 1 is 1.20 bits per heavy atom. The van der Waals surface area contributed by atoms with Crippen molar-refractivity contribution in [2.45, 2.75) is 26.7 Å². The second-order valence-electron chi connectivity index (χ2n) is 4.00. The molecule has 0 amide bonds. The molecule has 2 aromatic rings. The number of fused-ring (bicyclic) bond motifs is 1. The topological polar surface area (TPSA) is 25.8 Å². The van der Waals surface area contributed by atoms with Crippen molar-refractivity contribution >= 4 is 26.8 Å². The Balaban J connectivity index is 2.78. The molecule has 0 spiro atoms. The van der Waals surface area contributed by atoms with Crippen molar-refractivity contribution in [3.05, 3.63) is 34.2 Å². The molecular weight excluding hydrogens is 252 g/mol. The van der Waals surface area contributed by atoms with Crippen LogP contribution in [0.25, 0.3) is 10.9 Å². The molecule has 2 nitrogen and oxygen atoms in total. The van der Waals surface area contributed by atoms with E-state index in [9.17, 15) is 0 Å². The van der Waals surface area contributed by atoms with Crippen LogP contribution in [0.15, 0.2) is 22.8 Å². The van der Waals surface area contributed by atoms with E-state index in [1.807, 2.05) is 12.1 Å². The van der Waals surface area contributed by atoms with Gasteiger partial charge in [0, 0.05) is 11.3 Å². The molecule has 3 heteroatoms. The zero-order valence-corrected chi connectivity index (χ0v) is 10.7. The summed E-state index contributed by atoms with van der Waals surface area (Å²) in [6, 6.07) is 6.13. The Hall–Kier alpha value is -0.960. The van der Waals surface area contributed by atoms with Crippen LogP contribution in [-0.2, 0) is 0 Å². The molecule has 1 aromatic carbocycles. The maximum Gasteiger partial charge on any atom is 0.132 e. The quantitative estimate of drug-likeness (QED) is 0.732. The van der Waals surface area contributed by atoms with Gasteiger partial charge in [0.1, 0.15) is 10.4 Å². The summed E-state index contributed by atoms with van der Waals surface area (Å²) in [6.07, 6.45) is 0. The van der Waals surface area contributed by atoms with E-state index < -0.39 is 0 Å². The summed E-state index contributed by atoms with van der Waals surface area (Å²) in [5.41, 5.74) is 2.22.